The van der Waals surface area contributed by atoms with E-state index in [-0.39, 0.29) is 6.04 Å². The average Bonchev–Trinajstić information content (AvgIpc) is 2.50. The zero-order valence-electron chi connectivity index (χ0n) is 8.81. The number of likely N-dealkylation sites (tertiary alicyclic amines) is 1. The fraction of sp³-hybridized carbons (Fsp3) is 0.900. The molecule has 2 unspecified atom stereocenters. The summed E-state index contributed by atoms with van der Waals surface area (Å²) in [7, 11) is 0. The Morgan fingerprint density at radius 1 is 1.50 bits per heavy atom. The molecule has 14 heavy (non-hydrogen) atoms. The highest BCUT2D eigenvalue weighted by atomic mass is 16.4. The molecule has 1 fully saturated rings. The topological polar surface area (TPSA) is 60.8 Å². The van der Waals surface area contributed by atoms with Gasteiger partial charge in [-0.05, 0) is 12.8 Å². The van der Waals surface area contributed by atoms with Gasteiger partial charge in [0.15, 0.2) is 0 Å². The highest BCUT2D eigenvalue weighted by Gasteiger charge is 2.38. The van der Waals surface area contributed by atoms with Crippen LogP contribution in [0.15, 0.2) is 0 Å². The molecule has 0 aromatic heterocycles. The number of aliphatic hydroxyl groups is 1. The van der Waals surface area contributed by atoms with E-state index < -0.39 is 18.1 Å². The summed E-state index contributed by atoms with van der Waals surface area (Å²) in [6.45, 7) is 4.61. The van der Waals surface area contributed by atoms with Crippen molar-refractivity contribution < 1.29 is 15.0 Å². The number of carboxylic acids is 1. The zero-order valence-corrected chi connectivity index (χ0v) is 8.81. The van der Waals surface area contributed by atoms with Gasteiger partial charge in [-0.15, -0.1) is 0 Å². The van der Waals surface area contributed by atoms with Gasteiger partial charge in [-0.1, -0.05) is 13.8 Å². The molecule has 0 aromatic rings. The summed E-state index contributed by atoms with van der Waals surface area (Å²) in [5.74, 6) is -0.812. The van der Waals surface area contributed by atoms with E-state index in [0.29, 0.717) is 13.0 Å². The summed E-state index contributed by atoms with van der Waals surface area (Å²) in [6, 6.07) is -0.205. The van der Waals surface area contributed by atoms with Crippen molar-refractivity contribution in [3.63, 3.8) is 0 Å². The summed E-state index contributed by atoms with van der Waals surface area (Å²) in [5.41, 5.74) is 0. The minimum Gasteiger partial charge on any atom is -0.480 e. The predicted molar refractivity (Wildman–Crippen MR) is 53.1 cm³/mol. The third-order valence-electron chi connectivity index (χ3n) is 3.01. The summed E-state index contributed by atoms with van der Waals surface area (Å²) in [4.78, 5) is 12.9. The lowest BCUT2D eigenvalue weighted by Crippen LogP contribution is -2.42. The van der Waals surface area contributed by atoms with Crippen molar-refractivity contribution in [2.24, 2.45) is 0 Å². The van der Waals surface area contributed by atoms with Gasteiger partial charge in [0, 0.05) is 19.0 Å². The number of carbonyl (C=O) groups is 1. The fourth-order valence-electron chi connectivity index (χ4n) is 2.24. The van der Waals surface area contributed by atoms with Gasteiger partial charge in [0.2, 0.25) is 0 Å². The van der Waals surface area contributed by atoms with Crippen molar-refractivity contribution in [2.75, 3.05) is 6.54 Å². The third-order valence-corrected chi connectivity index (χ3v) is 3.01. The Morgan fingerprint density at radius 2 is 2.07 bits per heavy atom. The Morgan fingerprint density at radius 3 is 2.50 bits per heavy atom. The molecule has 2 N–H and O–H groups in total. The first-order valence-corrected chi connectivity index (χ1v) is 5.26. The molecule has 1 heterocycles. The molecule has 82 valence electrons. The first-order valence-electron chi connectivity index (χ1n) is 5.26. The highest BCUT2D eigenvalue weighted by Crippen LogP contribution is 2.23. The molecule has 2 atom stereocenters. The first-order chi connectivity index (χ1) is 6.60. The average molecular weight is 201 g/mol. The maximum atomic E-state index is 10.9. The van der Waals surface area contributed by atoms with E-state index in [4.69, 9.17) is 5.11 Å². The molecular weight excluding hydrogens is 182 g/mol. The Kier molecular flexibility index (Phi) is 3.89. The number of hydrogen-bond donors (Lipinski definition) is 2. The summed E-state index contributed by atoms with van der Waals surface area (Å²) in [5, 5.41) is 18.4. The van der Waals surface area contributed by atoms with Crippen LogP contribution in [0.4, 0.5) is 0 Å². The Balaban J connectivity index is 2.69. The first kappa shape index (κ1) is 11.5. The van der Waals surface area contributed by atoms with Crippen LogP contribution < -0.4 is 0 Å². The quantitative estimate of drug-likeness (QED) is 0.702. The van der Waals surface area contributed by atoms with Crippen molar-refractivity contribution in [3.8, 4) is 0 Å². The third kappa shape index (κ3) is 2.25. The monoisotopic (exact) mass is 201 g/mol. The van der Waals surface area contributed by atoms with Gasteiger partial charge in [-0.2, -0.15) is 0 Å². The predicted octanol–water partition coefficient (Wildman–Crippen LogP) is 0.695. The van der Waals surface area contributed by atoms with Crippen LogP contribution in [0.1, 0.15) is 33.1 Å². The maximum Gasteiger partial charge on any atom is 0.321 e. The van der Waals surface area contributed by atoms with Gasteiger partial charge >= 0.3 is 5.97 Å². The molecule has 0 amide bonds. The summed E-state index contributed by atoms with van der Waals surface area (Å²) >= 11 is 0. The standard InChI is InChI=1S/C10H19NO3/c1-3-7(4-2)11-6-8(12)5-9(11)10(13)14/h7-9,12H,3-6H2,1-2H3,(H,13,14). The number of nitrogens with zero attached hydrogens (tertiary/aromatic N) is 1. The molecule has 0 radical (unpaired) electrons. The number of aliphatic hydroxyl groups excluding tert-OH is 1. The molecule has 0 saturated carbocycles. The number of rotatable bonds is 4. The second-order valence-electron chi connectivity index (χ2n) is 3.91. The molecule has 0 aromatic carbocycles. The molecule has 1 aliphatic heterocycles. The van der Waals surface area contributed by atoms with Gasteiger partial charge in [0.1, 0.15) is 6.04 Å². The summed E-state index contributed by atoms with van der Waals surface area (Å²) < 4.78 is 0. The van der Waals surface area contributed by atoms with Crippen molar-refractivity contribution in [1.29, 1.82) is 0 Å². The van der Waals surface area contributed by atoms with Crippen molar-refractivity contribution in [3.05, 3.63) is 0 Å². The van der Waals surface area contributed by atoms with Crippen LogP contribution in [-0.2, 0) is 4.79 Å². The fourth-order valence-corrected chi connectivity index (χ4v) is 2.24. The smallest absolute Gasteiger partial charge is 0.321 e. The van der Waals surface area contributed by atoms with Crippen LogP contribution in [0.2, 0.25) is 0 Å². The SMILES string of the molecule is CCC(CC)N1CC(O)CC1C(=O)O. The van der Waals surface area contributed by atoms with Crippen LogP contribution in [0.5, 0.6) is 0 Å². The van der Waals surface area contributed by atoms with Gasteiger partial charge < -0.3 is 10.2 Å². The lowest BCUT2D eigenvalue weighted by Gasteiger charge is -2.29. The second-order valence-corrected chi connectivity index (χ2v) is 3.91. The molecule has 0 spiro atoms. The van der Waals surface area contributed by atoms with Crippen LogP contribution in [0.25, 0.3) is 0 Å². The lowest BCUT2D eigenvalue weighted by molar-refractivity contribution is -0.143. The van der Waals surface area contributed by atoms with E-state index in [2.05, 4.69) is 13.8 Å². The largest absolute Gasteiger partial charge is 0.480 e. The van der Waals surface area contributed by atoms with Gasteiger partial charge in [-0.25, -0.2) is 0 Å². The molecule has 1 saturated heterocycles. The second kappa shape index (κ2) is 4.75. The van der Waals surface area contributed by atoms with Gasteiger partial charge in [0.25, 0.3) is 0 Å². The van der Waals surface area contributed by atoms with Crippen LogP contribution in [0.3, 0.4) is 0 Å². The highest BCUT2D eigenvalue weighted by molar-refractivity contribution is 5.74. The Hall–Kier alpha value is -0.610. The zero-order chi connectivity index (χ0) is 10.7. The summed E-state index contributed by atoms with van der Waals surface area (Å²) in [6.07, 6.45) is 1.77. The molecule has 1 aliphatic rings. The minimum atomic E-state index is -0.812. The van der Waals surface area contributed by atoms with Crippen molar-refractivity contribution in [1.82, 2.24) is 4.90 Å². The molecular formula is C10H19NO3. The lowest BCUT2D eigenvalue weighted by atomic mass is 10.1. The molecule has 1 rings (SSSR count). The number of carboxylic acid groups (broad SMARTS) is 1. The normalized spacial score (nSPS) is 28.6. The molecule has 4 nitrogen and oxygen atoms in total. The number of hydrogen-bond acceptors (Lipinski definition) is 3. The molecule has 4 heteroatoms. The van der Waals surface area contributed by atoms with E-state index in [1.807, 2.05) is 4.90 Å². The maximum absolute atomic E-state index is 10.9. The van der Waals surface area contributed by atoms with E-state index >= 15 is 0 Å². The van der Waals surface area contributed by atoms with Crippen molar-refractivity contribution >= 4 is 5.97 Å². The molecule has 0 aliphatic carbocycles. The van der Waals surface area contributed by atoms with E-state index in [1.54, 1.807) is 0 Å². The van der Waals surface area contributed by atoms with Crippen LogP contribution in [-0.4, -0.2) is 45.8 Å². The van der Waals surface area contributed by atoms with Crippen molar-refractivity contribution in [2.45, 2.75) is 51.3 Å². The Bertz CT molecular complexity index is 204. The minimum absolute atomic E-state index is 0.285. The van der Waals surface area contributed by atoms with E-state index in [9.17, 15) is 9.90 Å². The van der Waals surface area contributed by atoms with Crippen LogP contribution in [0, 0.1) is 0 Å². The van der Waals surface area contributed by atoms with E-state index in [0.717, 1.165) is 12.8 Å². The number of aliphatic carboxylic acids is 1. The molecule has 0 bridgehead atoms. The van der Waals surface area contributed by atoms with Gasteiger partial charge in [0.05, 0.1) is 6.10 Å². The van der Waals surface area contributed by atoms with E-state index in [1.165, 1.54) is 0 Å². The van der Waals surface area contributed by atoms with Gasteiger partial charge in [-0.3, -0.25) is 9.69 Å². The van der Waals surface area contributed by atoms with Crippen LogP contribution >= 0.6 is 0 Å². The number of β-amino-alcohol motifs (C(OH)–C–C–N with tert-alkyl or cyclic N) is 1. The Labute approximate surface area is 84.5 Å².